The van der Waals surface area contributed by atoms with Crippen LogP contribution in [0.3, 0.4) is 0 Å². The van der Waals surface area contributed by atoms with Crippen LogP contribution in [0.2, 0.25) is 0 Å². The second kappa shape index (κ2) is 25.2. The van der Waals surface area contributed by atoms with Gasteiger partial charge in [0, 0.05) is 0 Å². The van der Waals surface area contributed by atoms with Crippen molar-refractivity contribution in [3.05, 3.63) is 0 Å². The standard InChI is InChI=1S/C6H14O6Si.2CHNO/c7-1-2-10-3-4-11-5-6-12-13(8)9;2*2-1-3/h7-8H,1-6H2;2*2H. The fourth-order valence-corrected chi connectivity index (χ4v) is 0.832. The summed E-state index contributed by atoms with van der Waals surface area (Å²) in [5.74, 6) is 0. The summed E-state index contributed by atoms with van der Waals surface area (Å²) in [6, 6.07) is 0. The van der Waals surface area contributed by atoms with Crippen LogP contribution < -0.4 is 0 Å². The molecule has 4 N–H and O–H groups in total. The van der Waals surface area contributed by atoms with Crippen LogP contribution in [0.4, 0.5) is 0 Å². The highest BCUT2D eigenvalue weighted by Crippen LogP contribution is 1.79. The van der Waals surface area contributed by atoms with Crippen molar-refractivity contribution in [1.29, 1.82) is 10.8 Å². The highest BCUT2D eigenvalue weighted by atomic mass is 28.3. The molecule has 0 aromatic rings. The van der Waals surface area contributed by atoms with E-state index in [1.807, 2.05) is 0 Å². The summed E-state index contributed by atoms with van der Waals surface area (Å²) in [7, 11) is -2.83. The number of aliphatic hydroxyl groups excluding tert-OH is 1. The lowest BCUT2D eigenvalue weighted by atomic mass is 10.7. The van der Waals surface area contributed by atoms with Gasteiger partial charge in [0.25, 0.3) is 0 Å². The van der Waals surface area contributed by atoms with Crippen LogP contribution in [-0.4, -0.2) is 70.9 Å². The first-order valence-corrected chi connectivity index (χ1v) is 6.06. The lowest BCUT2D eigenvalue weighted by molar-refractivity contribution is 0.0219. The zero-order chi connectivity index (χ0) is 15.4. The number of hydrogen-bond acceptors (Lipinski definition) is 9. The minimum absolute atomic E-state index is 0.00437. The summed E-state index contributed by atoms with van der Waals surface area (Å²) in [6.45, 7) is 1.44. The zero-order valence-corrected chi connectivity index (χ0v) is 11.1. The van der Waals surface area contributed by atoms with Crippen molar-refractivity contribution in [2.24, 2.45) is 0 Å². The van der Waals surface area contributed by atoms with E-state index in [-0.39, 0.29) is 19.8 Å². The molecular weight excluding hydrogens is 280 g/mol. The first-order chi connectivity index (χ1) is 9.10. The van der Waals surface area contributed by atoms with Gasteiger partial charge >= 0.3 is 9.17 Å². The van der Waals surface area contributed by atoms with Crippen molar-refractivity contribution in [2.75, 3.05) is 39.6 Å². The number of rotatable bonds is 9. The molecule has 110 valence electrons. The molecule has 0 fully saturated rings. The quantitative estimate of drug-likeness (QED) is 0.168. The SMILES string of the molecule is N=C=O.N=C=O.O=[Si](O)OCCOCCOCCO. The molecule has 0 spiro atoms. The molecule has 0 saturated heterocycles. The fourth-order valence-electron chi connectivity index (χ4n) is 0.574. The molecule has 0 radical (unpaired) electrons. The van der Waals surface area contributed by atoms with Crippen molar-refractivity contribution in [1.82, 2.24) is 0 Å². The van der Waals surface area contributed by atoms with Crippen LogP contribution >= 0.6 is 0 Å². The topological polar surface area (TPSA) is 167 Å². The molecule has 0 unspecified atom stereocenters. The molecular formula is C8H16N2O8Si. The number of carbonyl (C=O) groups excluding carboxylic acids is 2. The molecule has 0 aliphatic carbocycles. The summed E-state index contributed by atoms with van der Waals surface area (Å²) in [6.07, 6.45) is 1.50. The average Bonchev–Trinajstić information content (AvgIpc) is 2.34. The Kier molecular flexibility index (Phi) is 29.7. The van der Waals surface area contributed by atoms with Gasteiger partial charge in [0.2, 0.25) is 12.2 Å². The lowest BCUT2D eigenvalue weighted by Crippen LogP contribution is -2.14. The van der Waals surface area contributed by atoms with E-state index in [0.717, 1.165) is 12.2 Å². The molecule has 0 aromatic heterocycles. The van der Waals surface area contributed by atoms with Gasteiger partial charge in [0.05, 0.1) is 39.6 Å². The third-order valence-electron chi connectivity index (χ3n) is 1.06. The van der Waals surface area contributed by atoms with Crippen LogP contribution in [0.25, 0.3) is 0 Å². The largest absolute Gasteiger partial charge is 0.764 e. The normalized spacial score (nSPS) is 7.63. The Morgan fingerprint density at radius 1 is 0.947 bits per heavy atom. The van der Waals surface area contributed by atoms with E-state index in [9.17, 15) is 4.46 Å². The van der Waals surface area contributed by atoms with Crippen LogP contribution in [0.5, 0.6) is 0 Å². The molecule has 0 amide bonds. The minimum Gasteiger partial charge on any atom is -0.511 e. The maximum atomic E-state index is 10.0. The van der Waals surface area contributed by atoms with Crippen molar-refractivity contribution in [3.63, 3.8) is 0 Å². The molecule has 11 heteroatoms. The smallest absolute Gasteiger partial charge is 0.511 e. The van der Waals surface area contributed by atoms with E-state index < -0.39 is 9.17 Å². The predicted molar refractivity (Wildman–Crippen MR) is 60.2 cm³/mol. The van der Waals surface area contributed by atoms with E-state index in [0.29, 0.717) is 19.8 Å². The molecule has 0 aromatic carbocycles. The number of aliphatic hydroxyl groups is 1. The van der Waals surface area contributed by atoms with Crippen molar-refractivity contribution in [3.8, 4) is 0 Å². The molecule has 0 atom stereocenters. The van der Waals surface area contributed by atoms with Gasteiger partial charge in [0.15, 0.2) is 0 Å². The van der Waals surface area contributed by atoms with Gasteiger partial charge in [-0.25, -0.2) is 20.4 Å². The Labute approximate surface area is 110 Å². The van der Waals surface area contributed by atoms with Gasteiger partial charge in [-0.3, -0.25) is 4.46 Å². The maximum Gasteiger partial charge on any atom is 0.764 e. The van der Waals surface area contributed by atoms with E-state index in [1.54, 1.807) is 0 Å². The number of ether oxygens (including phenoxy) is 2. The number of hydrogen-bond donors (Lipinski definition) is 4. The highest BCUT2D eigenvalue weighted by Gasteiger charge is 2.01. The summed E-state index contributed by atoms with van der Waals surface area (Å²) in [4.78, 5) is 24.9. The van der Waals surface area contributed by atoms with Gasteiger partial charge in [-0.2, -0.15) is 0 Å². The summed E-state index contributed by atoms with van der Waals surface area (Å²) >= 11 is 0. The van der Waals surface area contributed by atoms with Crippen LogP contribution in [0.15, 0.2) is 0 Å². The zero-order valence-electron chi connectivity index (χ0n) is 10.1. The maximum absolute atomic E-state index is 10.0. The van der Waals surface area contributed by atoms with Crippen LogP contribution in [0.1, 0.15) is 0 Å². The Hall–Kier alpha value is -1.74. The molecule has 10 nitrogen and oxygen atoms in total. The van der Waals surface area contributed by atoms with Gasteiger partial charge in [0.1, 0.15) is 0 Å². The molecule has 0 aliphatic rings. The molecule has 0 saturated carbocycles. The van der Waals surface area contributed by atoms with E-state index >= 15 is 0 Å². The second-order valence-corrected chi connectivity index (χ2v) is 3.09. The summed E-state index contributed by atoms with van der Waals surface area (Å²) in [5.41, 5.74) is 0. The molecule has 19 heavy (non-hydrogen) atoms. The Balaban J connectivity index is -0.000000360. The first kappa shape index (κ1) is 22.4. The van der Waals surface area contributed by atoms with Crippen LogP contribution in [-0.2, 0) is 28.0 Å². The van der Waals surface area contributed by atoms with Gasteiger partial charge in [-0.1, -0.05) is 0 Å². The monoisotopic (exact) mass is 296 g/mol. The van der Waals surface area contributed by atoms with E-state index in [2.05, 4.69) is 4.43 Å². The number of isocyanates is 2. The highest BCUT2D eigenvalue weighted by molar-refractivity contribution is 6.24. The van der Waals surface area contributed by atoms with Crippen molar-refractivity contribution >= 4 is 21.3 Å². The third-order valence-corrected chi connectivity index (χ3v) is 1.51. The van der Waals surface area contributed by atoms with Crippen molar-refractivity contribution in [2.45, 2.75) is 0 Å². The van der Waals surface area contributed by atoms with Gasteiger partial charge < -0.3 is 23.8 Å². The first-order valence-electron chi connectivity index (χ1n) is 4.80. The van der Waals surface area contributed by atoms with Crippen LogP contribution in [0, 0.1) is 10.8 Å². The van der Waals surface area contributed by atoms with Gasteiger partial charge in [-0.15, -0.1) is 0 Å². The molecule has 0 aliphatic heterocycles. The molecule has 0 heterocycles. The second-order valence-electron chi connectivity index (χ2n) is 2.27. The summed E-state index contributed by atoms with van der Waals surface area (Å²) < 4.78 is 24.2. The number of nitrogens with one attached hydrogen (secondary N) is 2. The van der Waals surface area contributed by atoms with E-state index in [4.69, 9.17) is 39.8 Å². The molecule has 0 bridgehead atoms. The summed E-state index contributed by atoms with van der Waals surface area (Å²) in [5, 5.41) is 19.1. The lowest BCUT2D eigenvalue weighted by Gasteiger charge is -2.04. The average molecular weight is 296 g/mol. The molecule has 0 rings (SSSR count). The Morgan fingerprint density at radius 3 is 1.68 bits per heavy atom. The fraction of sp³-hybridized carbons (Fsp3) is 0.750. The third kappa shape index (κ3) is 48.5. The Bertz CT molecular complexity index is 251. The van der Waals surface area contributed by atoms with E-state index in [1.165, 1.54) is 0 Å². The Morgan fingerprint density at radius 2 is 1.32 bits per heavy atom. The van der Waals surface area contributed by atoms with Crippen molar-refractivity contribution < 1.29 is 37.9 Å². The van der Waals surface area contributed by atoms with Gasteiger partial charge in [-0.05, 0) is 0 Å². The predicted octanol–water partition coefficient (Wildman–Crippen LogP) is -1.76. The minimum atomic E-state index is -2.83.